The number of likely N-dealkylation sites (tertiary alicyclic amines) is 1. The summed E-state index contributed by atoms with van der Waals surface area (Å²) in [5, 5.41) is 24.9. The fourth-order valence-corrected chi connectivity index (χ4v) is 5.14. The lowest BCUT2D eigenvalue weighted by Gasteiger charge is -2.29. The number of nitrogens with one attached hydrogen (secondary N) is 2. The van der Waals surface area contributed by atoms with Crippen molar-refractivity contribution in [2.45, 2.75) is 37.8 Å². The number of carbonyl (C=O) groups is 1. The monoisotopic (exact) mass is 493 g/mol. The van der Waals surface area contributed by atoms with Gasteiger partial charge in [-0.15, -0.1) is 11.3 Å². The number of aromatic nitrogens is 5. The number of aliphatic hydroxyl groups is 1. The van der Waals surface area contributed by atoms with E-state index in [0.29, 0.717) is 40.0 Å². The van der Waals surface area contributed by atoms with Crippen LogP contribution in [-0.4, -0.2) is 70.8 Å². The maximum absolute atomic E-state index is 13.0. The Balaban J connectivity index is 1.44. The minimum Gasteiger partial charge on any atom is -0.493 e. The number of piperidine rings is 1. The number of aromatic amines is 2. The molecule has 0 spiro atoms. The third-order valence-electron chi connectivity index (χ3n) is 6.13. The van der Waals surface area contributed by atoms with E-state index < -0.39 is 11.8 Å². The topological polar surface area (TPSA) is 152 Å². The molecule has 4 N–H and O–H groups in total. The van der Waals surface area contributed by atoms with Gasteiger partial charge in [0.05, 0.1) is 33.8 Å². The molecule has 1 unspecified atom stereocenters. The highest BCUT2D eigenvalue weighted by Crippen LogP contribution is 2.28. The third-order valence-corrected chi connectivity index (χ3v) is 7.23. The molecule has 0 aromatic carbocycles. The van der Waals surface area contributed by atoms with Crippen LogP contribution in [0.5, 0.6) is 5.88 Å². The lowest BCUT2D eigenvalue weighted by atomic mass is 10.1. The quantitative estimate of drug-likeness (QED) is 0.323. The van der Waals surface area contributed by atoms with Gasteiger partial charge in [0.2, 0.25) is 5.88 Å². The molecule has 1 saturated carbocycles. The van der Waals surface area contributed by atoms with Gasteiger partial charge in [-0.25, -0.2) is 9.78 Å². The van der Waals surface area contributed by atoms with Crippen molar-refractivity contribution in [1.82, 2.24) is 29.5 Å². The number of β-amino-alcohol motifs (C(OH)–C–C–N with tert-alkyl or cyclic N) is 1. The van der Waals surface area contributed by atoms with Gasteiger partial charge < -0.3 is 20.1 Å². The van der Waals surface area contributed by atoms with E-state index in [1.165, 1.54) is 11.3 Å². The summed E-state index contributed by atoms with van der Waals surface area (Å²) in [6.45, 7) is 0.991. The van der Waals surface area contributed by atoms with Crippen LogP contribution in [0.25, 0.3) is 22.3 Å². The Morgan fingerprint density at radius 2 is 2.11 bits per heavy atom. The number of amides is 1. The smallest absolute Gasteiger partial charge is 0.326 e. The molecule has 5 heterocycles. The lowest BCUT2D eigenvalue weighted by molar-refractivity contribution is 0.0478. The van der Waals surface area contributed by atoms with Crippen molar-refractivity contribution < 1.29 is 15.0 Å². The van der Waals surface area contributed by atoms with Crippen molar-refractivity contribution in [2.75, 3.05) is 13.1 Å². The second-order valence-corrected chi connectivity index (χ2v) is 9.98. The molecule has 1 amide bonds. The molecule has 180 valence electrons. The number of hydrogen-bond donors (Lipinski definition) is 4. The first kappa shape index (κ1) is 21.7. The van der Waals surface area contributed by atoms with Gasteiger partial charge in [0.1, 0.15) is 5.69 Å². The maximum atomic E-state index is 13.0. The first-order valence-electron chi connectivity index (χ1n) is 11.5. The SMILES string of the molecule is O=C(c1ccc(-c2cc(=NC3CC3)n3nc/c(=C/c4[nH]c(=O)[nH]c4O)c3n2)s1)N1CCCC(O)C1. The number of aromatic hydroxyl groups is 1. The Kier molecular flexibility index (Phi) is 5.26. The maximum Gasteiger partial charge on any atom is 0.326 e. The standard InChI is InChI=1S/C23H23N7O4S/c31-14-2-1-7-29(11-14)22(33)18-6-5-17(35-18)15-9-19(25-13-3-4-13)30-20(26-15)12(10-24-30)8-16-21(32)28-23(34)27-16/h5-6,8-10,13-14,31-32H,1-4,7,11H2,(H2,27,28,34)/b12-8-,25-19?. The fourth-order valence-electron chi connectivity index (χ4n) is 4.21. The molecular weight excluding hydrogens is 470 g/mol. The van der Waals surface area contributed by atoms with Gasteiger partial charge in [0.25, 0.3) is 5.91 Å². The van der Waals surface area contributed by atoms with Gasteiger partial charge in [-0.3, -0.25) is 14.8 Å². The zero-order valence-electron chi connectivity index (χ0n) is 18.6. The molecule has 1 saturated heterocycles. The van der Waals surface area contributed by atoms with E-state index >= 15 is 0 Å². The molecule has 4 aromatic heterocycles. The van der Waals surface area contributed by atoms with Crippen molar-refractivity contribution in [2.24, 2.45) is 4.99 Å². The van der Waals surface area contributed by atoms with Crippen molar-refractivity contribution in [3.63, 3.8) is 0 Å². The van der Waals surface area contributed by atoms with E-state index in [1.54, 1.807) is 27.8 Å². The predicted octanol–water partition coefficient (Wildman–Crippen LogP) is 0.387. The first-order valence-corrected chi connectivity index (χ1v) is 12.3. The molecule has 2 aliphatic rings. The van der Waals surface area contributed by atoms with Crippen molar-refractivity contribution in [3.05, 3.63) is 56.2 Å². The molecule has 1 aliphatic carbocycles. The highest BCUT2D eigenvalue weighted by atomic mass is 32.1. The molecular formula is C23H23N7O4S. The average Bonchev–Trinajstić information content (AvgIpc) is 3.22. The fraction of sp³-hybridized carbons (Fsp3) is 0.348. The largest absolute Gasteiger partial charge is 0.493 e. The molecule has 4 aromatic rings. The number of hydrogen-bond acceptors (Lipinski definition) is 8. The molecule has 2 fully saturated rings. The van der Waals surface area contributed by atoms with Crippen LogP contribution < -0.4 is 16.4 Å². The number of thiophene rings is 1. The number of rotatable bonds is 4. The Hall–Kier alpha value is -3.77. The van der Waals surface area contributed by atoms with E-state index in [4.69, 9.17) is 9.98 Å². The number of carbonyl (C=O) groups excluding carboxylic acids is 1. The zero-order chi connectivity index (χ0) is 24.1. The van der Waals surface area contributed by atoms with Crippen LogP contribution in [0.2, 0.25) is 0 Å². The molecule has 1 aliphatic heterocycles. The molecule has 12 heteroatoms. The summed E-state index contributed by atoms with van der Waals surface area (Å²) in [6, 6.07) is 5.77. The van der Waals surface area contributed by atoms with Crippen LogP contribution in [0.15, 0.2) is 34.2 Å². The number of nitrogens with zero attached hydrogens (tertiary/aromatic N) is 5. The Bertz CT molecular complexity index is 1610. The van der Waals surface area contributed by atoms with Crippen LogP contribution in [0.1, 0.15) is 41.0 Å². The molecule has 11 nitrogen and oxygen atoms in total. The second kappa shape index (κ2) is 8.47. The number of H-pyrrole nitrogens is 2. The Morgan fingerprint density at radius 1 is 1.26 bits per heavy atom. The zero-order valence-corrected chi connectivity index (χ0v) is 19.5. The third kappa shape index (κ3) is 4.26. The average molecular weight is 494 g/mol. The van der Waals surface area contributed by atoms with Gasteiger partial charge in [-0.05, 0) is 43.9 Å². The summed E-state index contributed by atoms with van der Waals surface area (Å²) in [5.74, 6) is -0.355. The second-order valence-electron chi connectivity index (χ2n) is 8.89. The molecule has 35 heavy (non-hydrogen) atoms. The highest BCUT2D eigenvalue weighted by Gasteiger charge is 2.25. The first-order chi connectivity index (χ1) is 16.9. The number of aliphatic hydroxyl groups excluding tert-OH is 1. The van der Waals surface area contributed by atoms with E-state index in [0.717, 1.165) is 30.6 Å². The van der Waals surface area contributed by atoms with E-state index in [-0.39, 0.29) is 23.5 Å². The van der Waals surface area contributed by atoms with Gasteiger partial charge in [0, 0.05) is 24.4 Å². The van der Waals surface area contributed by atoms with Crippen LogP contribution >= 0.6 is 11.3 Å². The highest BCUT2D eigenvalue weighted by molar-refractivity contribution is 7.17. The Morgan fingerprint density at radius 3 is 2.86 bits per heavy atom. The summed E-state index contributed by atoms with van der Waals surface area (Å²) < 4.78 is 1.64. The van der Waals surface area contributed by atoms with Gasteiger partial charge >= 0.3 is 5.69 Å². The van der Waals surface area contributed by atoms with E-state index in [2.05, 4.69) is 15.1 Å². The van der Waals surface area contributed by atoms with Gasteiger partial charge in [0.15, 0.2) is 11.1 Å². The molecule has 0 radical (unpaired) electrons. The predicted molar refractivity (Wildman–Crippen MR) is 128 cm³/mol. The van der Waals surface area contributed by atoms with Crippen LogP contribution in [0, 0.1) is 0 Å². The molecule has 6 rings (SSSR count). The summed E-state index contributed by atoms with van der Waals surface area (Å²) in [4.78, 5) is 42.0. The van der Waals surface area contributed by atoms with Crippen LogP contribution in [0.3, 0.4) is 0 Å². The van der Waals surface area contributed by atoms with Crippen molar-refractivity contribution >= 4 is 29.0 Å². The van der Waals surface area contributed by atoms with E-state index in [1.807, 2.05) is 12.1 Å². The van der Waals surface area contributed by atoms with E-state index in [9.17, 15) is 19.8 Å². The van der Waals surface area contributed by atoms with Gasteiger partial charge in [-0.1, -0.05) is 0 Å². The summed E-state index contributed by atoms with van der Waals surface area (Å²) in [7, 11) is 0. The molecule has 1 atom stereocenters. The summed E-state index contributed by atoms with van der Waals surface area (Å²) in [5.41, 5.74) is 1.54. The summed E-state index contributed by atoms with van der Waals surface area (Å²) >= 11 is 1.35. The van der Waals surface area contributed by atoms with Crippen LogP contribution in [0.4, 0.5) is 0 Å². The van der Waals surface area contributed by atoms with Crippen LogP contribution in [-0.2, 0) is 0 Å². The number of imidazole rings is 1. The molecule has 0 bridgehead atoms. The minimum atomic E-state index is -0.514. The van der Waals surface area contributed by atoms with Crippen molar-refractivity contribution in [3.8, 4) is 16.5 Å². The van der Waals surface area contributed by atoms with Gasteiger partial charge in [-0.2, -0.15) is 9.61 Å². The lowest BCUT2D eigenvalue weighted by Crippen LogP contribution is -2.41. The summed E-state index contributed by atoms with van der Waals surface area (Å²) in [6.07, 6.45) is 6.28. The minimum absolute atomic E-state index is 0.0887. The number of fused-ring (bicyclic) bond motifs is 1. The Labute approximate surface area is 202 Å². The normalized spacial score (nSPS) is 19.7. The van der Waals surface area contributed by atoms with Crippen molar-refractivity contribution in [1.29, 1.82) is 0 Å².